The van der Waals surface area contributed by atoms with Gasteiger partial charge in [0.2, 0.25) is 5.91 Å². The van der Waals surface area contributed by atoms with Crippen molar-refractivity contribution in [1.29, 1.82) is 0 Å². The van der Waals surface area contributed by atoms with E-state index in [9.17, 15) is 9.59 Å². The van der Waals surface area contributed by atoms with Crippen LogP contribution in [0.3, 0.4) is 0 Å². The van der Waals surface area contributed by atoms with Crippen molar-refractivity contribution in [3.05, 3.63) is 46.4 Å². The molecule has 3 heterocycles. The van der Waals surface area contributed by atoms with E-state index in [0.29, 0.717) is 31.7 Å². The molecule has 2 aromatic heterocycles. The summed E-state index contributed by atoms with van der Waals surface area (Å²) in [6, 6.07) is 7.69. The lowest BCUT2D eigenvalue weighted by Crippen LogP contribution is -2.37. The fraction of sp³-hybridized carbons (Fsp3) is 0.412. The molecule has 1 fully saturated rings. The maximum absolute atomic E-state index is 12.4. The second kappa shape index (κ2) is 7.46. The molecule has 5 nitrogen and oxygen atoms in total. The molecule has 0 radical (unpaired) electrons. The number of aromatic amines is 1. The van der Waals surface area contributed by atoms with Gasteiger partial charge in [0.15, 0.2) is 0 Å². The van der Waals surface area contributed by atoms with E-state index in [2.05, 4.69) is 11.1 Å². The topological polar surface area (TPSA) is 56.4 Å². The van der Waals surface area contributed by atoms with Crippen LogP contribution < -0.4 is 0 Å². The van der Waals surface area contributed by atoms with Crippen LogP contribution in [0.15, 0.2) is 35.8 Å². The number of carbonyl (C=O) groups excluding carboxylic acids is 2. The van der Waals surface area contributed by atoms with Crippen molar-refractivity contribution in [2.75, 3.05) is 26.2 Å². The third-order valence-corrected chi connectivity index (χ3v) is 5.07. The lowest BCUT2D eigenvalue weighted by atomic mass is 10.2. The largest absolute Gasteiger partial charge is 0.357 e. The van der Waals surface area contributed by atoms with Gasteiger partial charge in [-0.15, -0.1) is 11.3 Å². The number of hydrogen-bond acceptors (Lipinski definition) is 3. The standard InChI is InChI=1S/C17H21N3O2S/c21-16(7-6-14-4-2-13-23-14)19-9-3-10-20(12-11-19)17(22)15-5-1-8-18-15/h1-2,4-5,8,13,18H,3,6-7,9-12H2. The molecule has 2 amide bonds. The first-order chi connectivity index (χ1) is 11.2. The highest BCUT2D eigenvalue weighted by Gasteiger charge is 2.23. The number of nitrogens with zero attached hydrogens (tertiary/aromatic N) is 2. The first-order valence-corrected chi connectivity index (χ1v) is 8.85. The smallest absolute Gasteiger partial charge is 0.270 e. The highest BCUT2D eigenvalue weighted by molar-refractivity contribution is 7.09. The highest BCUT2D eigenvalue weighted by Crippen LogP contribution is 2.13. The third kappa shape index (κ3) is 4.01. The fourth-order valence-electron chi connectivity index (χ4n) is 2.85. The first kappa shape index (κ1) is 15.8. The van der Waals surface area contributed by atoms with Gasteiger partial charge in [0.05, 0.1) is 0 Å². The number of rotatable bonds is 4. The van der Waals surface area contributed by atoms with Crippen molar-refractivity contribution >= 4 is 23.2 Å². The van der Waals surface area contributed by atoms with Crippen LogP contribution in [-0.4, -0.2) is 52.8 Å². The number of nitrogens with one attached hydrogen (secondary N) is 1. The number of amides is 2. The minimum atomic E-state index is 0.0166. The fourth-order valence-corrected chi connectivity index (χ4v) is 3.56. The van der Waals surface area contributed by atoms with Crippen LogP contribution in [0.4, 0.5) is 0 Å². The number of aryl methyl sites for hydroxylation is 1. The van der Waals surface area contributed by atoms with Crippen molar-refractivity contribution in [2.24, 2.45) is 0 Å². The quantitative estimate of drug-likeness (QED) is 0.935. The van der Waals surface area contributed by atoms with Gasteiger partial charge in [-0.1, -0.05) is 6.07 Å². The summed E-state index contributed by atoms with van der Waals surface area (Å²) in [5, 5.41) is 2.04. The molecule has 0 spiro atoms. The third-order valence-electron chi connectivity index (χ3n) is 4.13. The van der Waals surface area contributed by atoms with Gasteiger partial charge in [0.25, 0.3) is 5.91 Å². The average molecular weight is 331 g/mol. The molecule has 0 atom stereocenters. The summed E-state index contributed by atoms with van der Waals surface area (Å²) >= 11 is 1.69. The summed E-state index contributed by atoms with van der Waals surface area (Å²) in [6.07, 6.45) is 3.94. The van der Waals surface area contributed by atoms with Crippen LogP contribution in [0.25, 0.3) is 0 Å². The zero-order chi connectivity index (χ0) is 16.1. The number of carbonyl (C=O) groups is 2. The Hall–Kier alpha value is -2.08. The highest BCUT2D eigenvalue weighted by atomic mass is 32.1. The van der Waals surface area contributed by atoms with Crippen LogP contribution in [0.1, 0.15) is 28.2 Å². The molecule has 1 aliphatic rings. The number of aromatic nitrogens is 1. The van der Waals surface area contributed by atoms with Gasteiger partial charge in [-0.2, -0.15) is 0 Å². The Labute approximate surface area is 139 Å². The summed E-state index contributed by atoms with van der Waals surface area (Å²) in [7, 11) is 0. The molecule has 0 bridgehead atoms. The summed E-state index contributed by atoms with van der Waals surface area (Å²) in [6.45, 7) is 2.66. The molecular weight excluding hydrogens is 310 g/mol. The van der Waals surface area contributed by atoms with E-state index in [1.165, 1.54) is 4.88 Å². The van der Waals surface area contributed by atoms with Crippen molar-refractivity contribution in [3.63, 3.8) is 0 Å². The Morgan fingerprint density at radius 1 is 1.09 bits per heavy atom. The molecule has 6 heteroatoms. The van der Waals surface area contributed by atoms with Gasteiger partial charge in [0.1, 0.15) is 5.69 Å². The van der Waals surface area contributed by atoms with Gasteiger partial charge in [0, 0.05) is 43.7 Å². The molecule has 0 saturated carbocycles. The lowest BCUT2D eigenvalue weighted by molar-refractivity contribution is -0.131. The maximum atomic E-state index is 12.4. The number of thiophene rings is 1. The van der Waals surface area contributed by atoms with E-state index < -0.39 is 0 Å². The molecule has 0 aromatic carbocycles. The second-order valence-corrected chi connectivity index (χ2v) is 6.72. The minimum absolute atomic E-state index is 0.0166. The lowest BCUT2D eigenvalue weighted by Gasteiger charge is -2.22. The molecule has 1 saturated heterocycles. The Balaban J connectivity index is 1.51. The Kier molecular flexibility index (Phi) is 5.12. The van der Waals surface area contributed by atoms with E-state index in [4.69, 9.17) is 0 Å². The molecule has 23 heavy (non-hydrogen) atoms. The molecule has 0 aliphatic carbocycles. The molecule has 3 rings (SSSR count). The minimum Gasteiger partial charge on any atom is -0.357 e. The van der Waals surface area contributed by atoms with Crippen molar-refractivity contribution in [2.45, 2.75) is 19.3 Å². The molecular formula is C17H21N3O2S. The SMILES string of the molecule is O=C(CCc1cccs1)N1CCCN(C(=O)c2ccc[nH]2)CC1. The van der Waals surface area contributed by atoms with E-state index in [0.717, 1.165) is 19.4 Å². The summed E-state index contributed by atoms with van der Waals surface area (Å²) in [5.74, 6) is 0.204. The van der Waals surface area contributed by atoms with Crippen LogP contribution in [0.2, 0.25) is 0 Å². The van der Waals surface area contributed by atoms with E-state index in [-0.39, 0.29) is 11.8 Å². The molecule has 2 aromatic rings. The monoisotopic (exact) mass is 331 g/mol. The van der Waals surface area contributed by atoms with E-state index >= 15 is 0 Å². The van der Waals surface area contributed by atoms with Crippen molar-refractivity contribution < 1.29 is 9.59 Å². The van der Waals surface area contributed by atoms with Crippen molar-refractivity contribution in [1.82, 2.24) is 14.8 Å². The first-order valence-electron chi connectivity index (χ1n) is 7.97. The van der Waals surface area contributed by atoms with Gasteiger partial charge in [-0.25, -0.2) is 0 Å². The van der Waals surface area contributed by atoms with Gasteiger partial charge in [-0.05, 0) is 36.4 Å². The van der Waals surface area contributed by atoms with Crippen molar-refractivity contribution in [3.8, 4) is 0 Å². The zero-order valence-corrected chi connectivity index (χ0v) is 13.8. The number of H-pyrrole nitrogens is 1. The van der Waals surface area contributed by atoms with Gasteiger partial charge >= 0.3 is 0 Å². The van der Waals surface area contributed by atoms with Crippen LogP contribution in [0, 0.1) is 0 Å². The Bertz CT molecular complexity index is 637. The van der Waals surface area contributed by atoms with E-state index in [1.807, 2.05) is 27.3 Å². The van der Waals surface area contributed by atoms with Crippen LogP contribution in [0.5, 0.6) is 0 Å². The Morgan fingerprint density at radius 2 is 1.91 bits per heavy atom. The summed E-state index contributed by atoms with van der Waals surface area (Å²) in [5.41, 5.74) is 0.613. The Morgan fingerprint density at radius 3 is 2.65 bits per heavy atom. The van der Waals surface area contributed by atoms with Crippen LogP contribution in [-0.2, 0) is 11.2 Å². The number of hydrogen-bond donors (Lipinski definition) is 1. The summed E-state index contributed by atoms with van der Waals surface area (Å²) in [4.78, 5) is 32.7. The predicted molar refractivity (Wildman–Crippen MR) is 90.5 cm³/mol. The van der Waals surface area contributed by atoms with Gasteiger partial charge in [-0.3, -0.25) is 9.59 Å². The predicted octanol–water partition coefficient (Wildman–Crippen LogP) is 2.38. The average Bonchev–Trinajstić information content (AvgIpc) is 3.22. The molecule has 1 aliphatic heterocycles. The maximum Gasteiger partial charge on any atom is 0.270 e. The molecule has 1 N–H and O–H groups in total. The van der Waals surface area contributed by atoms with Gasteiger partial charge < -0.3 is 14.8 Å². The molecule has 0 unspecified atom stereocenters. The second-order valence-electron chi connectivity index (χ2n) is 5.69. The van der Waals surface area contributed by atoms with Crippen LogP contribution >= 0.6 is 11.3 Å². The summed E-state index contributed by atoms with van der Waals surface area (Å²) < 4.78 is 0. The zero-order valence-electron chi connectivity index (χ0n) is 13.0. The van der Waals surface area contributed by atoms with E-state index in [1.54, 1.807) is 23.6 Å². The normalized spacial score (nSPS) is 15.5. The molecule has 122 valence electrons.